The number of phosphoric ester groups is 2. The molecule has 12 nitrogen and oxygen atoms in total. The maximum atomic E-state index is 11.5. The molecule has 0 fully saturated rings. The smallest absolute Gasteiger partial charge is 0.343 e. The van der Waals surface area contributed by atoms with Gasteiger partial charge in [-0.2, -0.15) is 0 Å². The summed E-state index contributed by atoms with van der Waals surface area (Å²) >= 11 is 0. The summed E-state index contributed by atoms with van der Waals surface area (Å²) < 4.78 is 29.2. The maximum Gasteiger partial charge on any atom is 0.469 e. The first-order chi connectivity index (χ1) is 9.35. The van der Waals surface area contributed by atoms with E-state index >= 15 is 0 Å². The normalized spacial score (nSPS) is 16.9. The molecule has 14 heteroatoms. The van der Waals surface area contributed by atoms with Crippen molar-refractivity contribution in [2.24, 2.45) is 5.73 Å². The van der Waals surface area contributed by atoms with Gasteiger partial charge < -0.3 is 35.4 Å². The van der Waals surface area contributed by atoms with Crippen LogP contribution in [0.25, 0.3) is 0 Å². The third kappa shape index (κ3) is 9.80. The second-order valence-corrected chi connectivity index (χ2v) is 6.30. The highest BCUT2D eigenvalue weighted by atomic mass is 31.2. The molecule has 7 N–H and O–H groups in total. The molecule has 0 heterocycles. The first-order valence-electron chi connectivity index (χ1n) is 5.31. The molecule has 0 aliphatic heterocycles. The number of phosphoric acid groups is 2. The average molecular weight is 350 g/mol. The molecule has 0 aliphatic carbocycles. The van der Waals surface area contributed by atoms with Crippen molar-refractivity contribution < 1.29 is 47.3 Å². The minimum atomic E-state index is -4.86. The highest BCUT2D eigenvalue weighted by Gasteiger charge is 2.29. The van der Waals surface area contributed by atoms with Crippen molar-refractivity contribution in [1.29, 1.82) is 0 Å². The van der Waals surface area contributed by atoms with Gasteiger partial charge in [-0.1, -0.05) is 0 Å². The van der Waals surface area contributed by atoms with Crippen LogP contribution < -0.4 is 11.1 Å². The Hall–Kier alpha value is -0.680. The Morgan fingerprint density at radius 3 is 2.19 bits per heavy atom. The largest absolute Gasteiger partial charge is 0.469 e. The van der Waals surface area contributed by atoms with Crippen LogP contribution >= 0.6 is 15.6 Å². The number of amides is 1. The summed E-state index contributed by atoms with van der Waals surface area (Å²) in [5.41, 5.74) is 5.26. The van der Waals surface area contributed by atoms with Crippen LogP contribution in [-0.4, -0.2) is 56.6 Å². The number of nitrogens with one attached hydrogen (secondary N) is 1. The Morgan fingerprint density at radius 1 is 1.29 bits per heavy atom. The first kappa shape index (κ1) is 20.3. The number of aldehydes is 1. The lowest BCUT2D eigenvalue weighted by Gasteiger charge is -2.22. The van der Waals surface area contributed by atoms with Crippen molar-refractivity contribution in [2.45, 2.75) is 25.1 Å². The number of carbonyl (C=O) groups excluding carboxylic acids is 2. The van der Waals surface area contributed by atoms with E-state index in [4.69, 9.17) is 25.3 Å². The lowest BCUT2D eigenvalue weighted by atomic mass is 10.2. The van der Waals surface area contributed by atoms with Crippen molar-refractivity contribution in [1.82, 2.24) is 5.32 Å². The lowest BCUT2D eigenvalue weighted by molar-refractivity contribution is -0.127. The summed E-state index contributed by atoms with van der Waals surface area (Å²) in [4.78, 5) is 56.3. The van der Waals surface area contributed by atoms with E-state index in [0.717, 1.165) is 6.92 Å². The lowest BCUT2D eigenvalue weighted by Crippen LogP contribution is -2.51. The van der Waals surface area contributed by atoms with Gasteiger partial charge in [0.25, 0.3) is 0 Å². The molecule has 0 unspecified atom stereocenters. The Morgan fingerprint density at radius 2 is 1.81 bits per heavy atom. The van der Waals surface area contributed by atoms with E-state index in [1.54, 1.807) is 0 Å². The van der Waals surface area contributed by atoms with E-state index < -0.39 is 46.3 Å². The van der Waals surface area contributed by atoms with Gasteiger partial charge in [0.15, 0.2) is 0 Å². The van der Waals surface area contributed by atoms with E-state index in [9.17, 15) is 18.7 Å². The minimum Gasteiger partial charge on any atom is -0.343 e. The number of carbonyl (C=O) groups is 2. The van der Waals surface area contributed by atoms with Gasteiger partial charge in [0, 0.05) is 0 Å². The van der Waals surface area contributed by atoms with Crippen LogP contribution in [-0.2, 0) is 27.8 Å². The zero-order chi connectivity index (χ0) is 16.8. The van der Waals surface area contributed by atoms with Crippen molar-refractivity contribution in [3.8, 4) is 0 Å². The predicted molar refractivity (Wildman–Crippen MR) is 66.6 cm³/mol. The average Bonchev–Trinajstić information content (AvgIpc) is 2.29. The second kappa shape index (κ2) is 8.08. The zero-order valence-corrected chi connectivity index (χ0v) is 12.5. The van der Waals surface area contributed by atoms with Crippen LogP contribution in [0.5, 0.6) is 0 Å². The monoisotopic (exact) mass is 350 g/mol. The van der Waals surface area contributed by atoms with E-state index in [-0.39, 0.29) is 6.29 Å². The highest BCUT2D eigenvalue weighted by molar-refractivity contribution is 7.46. The highest BCUT2D eigenvalue weighted by Crippen LogP contribution is 2.38. The summed E-state index contributed by atoms with van der Waals surface area (Å²) in [5.74, 6) is -1.03. The van der Waals surface area contributed by atoms with Gasteiger partial charge in [-0.15, -0.1) is 0 Å². The molecular formula is C7H16N2O10P2. The van der Waals surface area contributed by atoms with Gasteiger partial charge >= 0.3 is 15.6 Å². The van der Waals surface area contributed by atoms with E-state index in [1.165, 1.54) is 0 Å². The van der Waals surface area contributed by atoms with E-state index in [1.807, 2.05) is 5.32 Å². The molecule has 124 valence electrons. The Kier molecular flexibility index (Phi) is 7.82. The van der Waals surface area contributed by atoms with Crippen LogP contribution in [0, 0.1) is 0 Å². The standard InChI is InChI=1S/C7H16N2O10P2/c1-4(19-21(15,16)17)6(2-10)9-7(11)5(8)3-18-20(12,13)14/h2,4-6H,3,8H2,1H3,(H,9,11)(H2,12,13,14)(H2,15,16,17)/t4-,5+,6-/m1/s1. The third-order valence-corrected chi connectivity index (χ3v) is 3.12. The third-order valence-electron chi connectivity index (χ3n) is 2.02. The van der Waals surface area contributed by atoms with Gasteiger partial charge in [-0.05, 0) is 6.92 Å². The molecule has 0 aromatic carbocycles. The van der Waals surface area contributed by atoms with Crippen molar-refractivity contribution in [2.75, 3.05) is 6.61 Å². The molecule has 0 radical (unpaired) electrons. The molecule has 0 rings (SSSR count). The van der Waals surface area contributed by atoms with E-state index in [2.05, 4.69) is 9.05 Å². The minimum absolute atomic E-state index is 0.161. The molecule has 3 atom stereocenters. The number of rotatable bonds is 9. The predicted octanol–water partition coefficient (Wildman–Crippen LogP) is -2.40. The van der Waals surface area contributed by atoms with E-state index in [0.29, 0.717) is 0 Å². The fraction of sp³-hybridized carbons (Fsp3) is 0.714. The summed E-state index contributed by atoms with van der Waals surface area (Å²) in [6.07, 6.45) is -1.20. The number of hydrogen-bond acceptors (Lipinski definition) is 7. The van der Waals surface area contributed by atoms with Gasteiger partial charge in [-0.25, -0.2) is 9.13 Å². The summed E-state index contributed by atoms with van der Waals surface area (Å²) in [5, 5.41) is 1.99. The molecule has 1 amide bonds. The molecule has 0 aromatic heterocycles. The van der Waals surface area contributed by atoms with Crippen LogP contribution in [0.1, 0.15) is 6.92 Å². The molecule has 0 saturated heterocycles. The summed E-state index contributed by atoms with van der Waals surface area (Å²) in [7, 11) is -9.66. The van der Waals surface area contributed by atoms with Gasteiger partial charge in [0.1, 0.15) is 18.4 Å². The molecular weight excluding hydrogens is 334 g/mol. The maximum absolute atomic E-state index is 11.5. The second-order valence-electron chi connectivity index (χ2n) is 3.86. The SMILES string of the molecule is C[C@@H](OP(=O)(O)O)[C@@H](C=O)NC(=O)[C@@H](N)COP(=O)(O)O. The molecule has 21 heavy (non-hydrogen) atoms. The molecule has 0 saturated carbocycles. The molecule has 0 aliphatic rings. The van der Waals surface area contributed by atoms with Crippen molar-refractivity contribution in [3.63, 3.8) is 0 Å². The summed E-state index contributed by atoms with van der Waals surface area (Å²) in [6.45, 7) is 0.297. The Labute approximate surface area is 119 Å². The van der Waals surface area contributed by atoms with Crippen LogP contribution in [0.15, 0.2) is 0 Å². The van der Waals surface area contributed by atoms with Gasteiger partial charge in [0.2, 0.25) is 5.91 Å². The Balaban J connectivity index is 4.54. The first-order valence-corrected chi connectivity index (χ1v) is 8.37. The molecule has 0 bridgehead atoms. The molecule has 0 aromatic rings. The number of hydrogen-bond donors (Lipinski definition) is 6. The molecule has 0 spiro atoms. The Bertz CT molecular complexity index is 458. The number of nitrogens with two attached hydrogens (primary N) is 1. The van der Waals surface area contributed by atoms with Crippen molar-refractivity contribution >= 4 is 27.8 Å². The van der Waals surface area contributed by atoms with Crippen LogP contribution in [0.3, 0.4) is 0 Å². The van der Waals surface area contributed by atoms with Crippen molar-refractivity contribution in [3.05, 3.63) is 0 Å². The fourth-order valence-corrected chi connectivity index (χ4v) is 1.99. The van der Waals surface area contributed by atoms with Gasteiger partial charge in [-0.3, -0.25) is 13.8 Å². The quantitative estimate of drug-likeness (QED) is 0.191. The van der Waals surface area contributed by atoms with Crippen LogP contribution in [0.4, 0.5) is 0 Å². The summed E-state index contributed by atoms with van der Waals surface area (Å²) in [6, 6.07) is -2.94. The zero-order valence-electron chi connectivity index (χ0n) is 10.7. The van der Waals surface area contributed by atoms with Gasteiger partial charge in [0.05, 0.1) is 12.7 Å². The topological polar surface area (TPSA) is 206 Å². The van der Waals surface area contributed by atoms with Crippen LogP contribution in [0.2, 0.25) is 0 Å². The fourth-order valence-electron chi connectivity index (χ4n) is 1.07.